The Morgan fingerprint density at radius 3 is 2.88 bits per heavy atom. The number of esters is 1. The van der Waals surface area contributed by atoms with E-state index >= 15 is 0 Å². The van der Waals surface area contributed by atoms with E-state index < -0.39 is 5.60 Å². The highest BCUT2D eigenvalue weighted by Gasteiger charge is 2.67. The van der Waals surface area contributed by atoms with Gasteiger partial charge in [-0.2, -0.15) is 0 Å². The van der Waals surface area contributed by atoms with Gasteiger partial charge in [0.05, 0.1) is 13.2 Å². The summed E-state index contributed by atoms with van der Waals surface area (Å²) in [5.74, 6) is -0.227. The normalized spacial score (nSPS) is 33.8. The zero-order valence-electron chi connectivity index (χ0n) is 9.90. The first kappa shape index (κ1) is 10.6. The molecule has 1 aromatic carbocycles. The van der Waals surface area contributed by atoms with E-state index in [1.54, 1.807) is 0 Å². The SMILES string of the molecule is COC(=O)C1(C2CNc3ccccc32)OC1C. The van der Waals surface area contributed by atoms with Gasteiger partial charge in [0, 0.05) is 18.2 Å². The molecule has 0 radical (unpaired) electrons. The maximum atomic E-state index is 11.9. The molecule has 3 unspecified atom stereocenters. The topological polar surface area (TPSA) is 50.9 Å². The van der Waals surface area contributed by atoms with E-state index in [2.05, 4.69) is 5.32 Å². The molecule has 2 aliphatic heterocycles. The van der Waals surface area contributed by atoms with Crippen LogP contribution in [0.5, 0.6) is 0 Å². The summed E-state index contributed by atoms with van der Waals surface area (Å²) in [4.78, 5) is 11.9. The maximum absolute atomic E-state index is 11.9. The van der Waals surface area contributed by atoms with Gasteiger partial charge in [-0.05, 0) is 18.6 Å². The van der Waals surface area contributed by atoms with Crippen LogP contribution in [0, 0.1) is 0 Å². The molecule has 0 saturated carbocycles. The zero-order valence-corrected chi connectivity index (χ0v) is 9.90. The Bertz CT molecular complexity index is 473. The van der Waals surface area contributed by atoms with Crippen molar-refractivity contribution in [3.8, 4) is 0 Å². The molecule has 0 bridgehead atoms. The van der Waals surface area contributed by atoms with Gasteiger partial charge < -0.3 is 14.8 Å². The second kappa shape index (κ2) is 3.47. The number of methoxy groups -OCH3 is 1. The van der Waals surface area contributed by atoms with Gasteiger partial charge in [-0.1, -0.05) is 18.2 Å². The number of carbonyl (C=O) groups is 1. The van der Waals surface area contributed by atoms with E-state index in [0.717, 1.165) is 17.8 Å². The molecule has 0 aliphatic carbocycles. The van der Waals surface area contributed by atoms with Crippen molar-refractivity contribution in [1.82, 2.24) is 0 Å². The third-order valence-corrected chi connectivity index (χ3v) is 3.77. The lowest BCUT2D eigenvalue weighted by atomic mass is 9.85. The average molecular weight is 233 g/mol. The van der Waals surface area contributed by atoms with Crippen molar-refractivity contribution in [3.05, 3.63) is 29.8 Å². The molecule has 1 saturated heterocycles. The van der Waals surface area contributed by atoms with E-state index in [4.69, 9.17) is 9.47 Å². The molecule has 1 fully saturated rings. The van der Waals surface area contributed by atoms with Crippen LogP contribution < -0.4 is 5.32 Å². The van der Waals surface area contributed by atoms with Crippen molar-refractivity contribution in [2.75, 3.05) is 19.0 Å². The molecule has 1 N–H and O–H groups in total. The van der Waals surface area contributed by atoms with Crippen molar-refractivity contribution in [2.24, 2.45) is 0 Å². The first-order valence-electron chi connectivity index (χ1n) is 5.79. The first-order chi connectivity index (χ1) is 8.20. The van der Waals surface area contributed by atoms with Crippen molar-refractivity contribution >= 4 is 11.7 Å². The molecular weight excluding hydrogens is 218 g/mol. The Kier molecular flexibility index (Phi) is 2.16. The third-order valence-electron chi connectivity index (χ3n) is 3.77. The van der Waals surface area contributed by atoms with Crippen LogP contribution in [-0.2, 0) is 14.3 Å². The molecular formula is C13H15NO3. The molecule has 90 valence electrons. The van der Waals surface area contributed by atoms with Crippen LogP contribution in [0.15, 0.2) is 24.3 Å². The summed E-state index contributed by atoms with van der Waals surface area (Å²) in [6, 6.07) is 8.03. The highest BCUT2D eigenvalue weighted by atomic mass is 16.7. The fraction of sp³-hybridized carbons (Fsp3) is 0.462. The van der Waals surface area contributed by atoms with Crippen LogP contribution in [0.1, 0.15) is 18.4 Å². The Morgan fingerprint density at radius 2 is 2.24 bits per heavy atom. The number of ether oxygens (including phenoxy) is 2. The number of rotatable bonds is 2. The van der Waals surface area contributed by atoms with Gasteiger partial charge in [0.1, 0.15) is 0 Å². The third kappa shape index (κ3) is 1.30. The molecule has 0 amide bonds. The van der Waals surface area contributed by atoms with Gasteiger partial charge in [-0.25, -0.2) is 4.79 Å². The van der Waals surface area contributed by atoms with Crippen LogP contribution in [0.2, 0.25) is 0 Å². The predicted octanol–water partition coefficient (Wildman–Crippen LogP) is 1.53. The number of benzene rings is 1. The molecule has 0 aromatic heterocycles. The summed E-state index contributed by atoms with van der Waals surface area (Å²) in [5, 5.41) is 3.31. The Morgan fingerprint density at radius 1 is 1.53 bits per heavy atom. The van der Waals surface area contributed by atoms with Crippen molar-refractivity contribution < 1.29 is 14.3 Å². The maximum Gasteiger partial charge on any atom is 0.341 e. The Labute approximate surface area is 99.9 Å². The fourth-order valence-electron chi connectivity index (χ4n) is 2.81. The summed E-state index contributed by atoms with van der Waals surface area (Å²) in [5.41, 5.74) is 1.44. The highest BCUT2D eigenvalue weighted by molar-refractivity contribution is 5.86. The van der Waals surface area contributed by atoms with Gasteiger partial charge in [0.2, 0.25) is 0 Å². The molecule has 0 spiro atoms. The monoisotopic (exact) mass is 233 g/mol. The summed E-state index contributed by atoms with van der Waals surface area (Å²) in [6.07, 6.45) is -0.0760. The highest BCUT2D eigenvalue weighted by Crippen LogP contribution is 2.52. The molecule has 4 nitrogen and oxygen atoms in total. The first-order valence-corrected chi connectivity index (χ1v) is 5.79. The number of fused-ring (bicyclic) bond motifs is 1. The average Bonchev–Trinajstić information content (AvgIpc) is 2.86. The van der Waals surface area contributed by atoms with Crippen molar-refractivity contribution in [3.63, 3.8) is 0 Å². The van der Waals surface area contributed by atoms with E-state index in [0.29, 0.717) is 0 Å². The van der Waals surface area contributed by atoms with E-state index in [9.17, 15) is 4.79 Å². The summed E-state index contributed by atoms with van der Waals surface area (Å²) in [6.45, 7) is 2.64. The summed E-state index contributed by atoms with van der Waals surface area (Å²) >= 11 is 0. The number of anilines is 1. The lowest BCUT2D eigenvalue weighted by Crippen LogP contribution is -2.36. The number of epoxide rings is 1. The second-order valence-corrected chi connectivity index (χ2v) is 4.57. The minimum atomic E-state index is -0.783. The molecule has 4 heteroatoms. The zero-order chi connectivity index (χ0) is 12.0. The molecule has 1 aromatic rings. The number of hydrogen-bond donors (Lipinski definition) is 1. The Hall–Kier alpha value is -1.55. The van der Waals surface area contributed by atoms with Gasteiger partial charge >= 0.3 is 5.97 Å². The van der Waals surface area contributed by atoms with Gasteiger partial charge in [-0.3, -0.25) is 0 Å². The van der Waals surface area contributed by atoms with Crippen LogP contribution >= 0.6 is 0 Å². The van der Waals surface area contributed by atoms with Gasteiger partial charge in [-0.15, -0.1) is 0 Å². The molecule has 2 heterocycles. The lowest BCUT2D eigenvalue weighted by molar-refractivity contribution is -0.147. The van der Waals surface area contributed by atoms with Crippen LogP contribution in [-0.4, -0.2) is 31.3 Å². The van der Waals surface area contributed by atoms with E-state index in [1.807, 2.05) is 31.2 Å². The predicted molar refractivity (Wildman–Crippen MR) is 63.0 cm³/mol. The second-order valence-electron chi connectivity index (χ2n) is 4.57. The van der Waals surface area contributed by atoms with Crippen LogP contribution in [0.3, 0.4) is 0 Å². The quantitative estimate of drug-likeness (QED) is 0.621. The fourth-order valence-corrected chi connectivity index (χ4v) is 2.81. The molecule has 3 rings (SSSR count). The minimum Gasteiger partial charge on any atom is -0.467 e. The summed E-state index contributed by atoms with van der Waals surface area (Å²) in [7, 11) is 1.41. The number of hydrogen-bond acceptors (Lipinski definition) is 4. The Balaban J connectivity index is 1.99. The molecule has 3 atom stereocenters. The number of carbonyl (C=O) groups excluding carboxylic acids is 1. The van der Waals surface area contributed by atoms with Gasteiger partial charge in [0.15, 0.2) is 5.60 Å². The minimum absolute atomic E-state index is 0.0427. The molecule has 2 aliphatic rings. The van der Waals surface area contributed by atoms with Crippen molar-refractivity contribution in [2.45, 2.75) is 24.5 Å². The van der Waals surface area contributed by atoms with Crippen LogP contribution in [0.25, 0.3) is 0 Å². The number of nitrogens with one attached hydrogen (secondary N) is 1. The van der Waals surface area contributed by atoms with Crippen molar-refractivity contribution in [1.29, 1.82) is 0 Å². The van der Waals surface area contributed by atoms with Gasteiger partial charge in [0.25, 0.3) is 0 Å². The lowest BCUT2D eigenvalue weighted by Gasteiger charge is -2.17. The largest absolute Gasteiger partial charge is 0.467 e. The molecule has 17 heavy (non-hydrogen) atoms. The number of para-hydroxylation sites is 1. The van der Waals surface area contributed by atoms with E-state index in [1.165, 1.54) is 7.11 Å². The standard InChI is InChI=1S/C13H15NO3/c1-8-13(17-8,12(15)16-2)10-7-14-11-6-4-3-5-9(10)11/h3-6,8,10,14H,7H2,1-2H3. The van der Waals surface area contributed by atoms with Crippen LogP contribution in [0.4, 0.5) is 5.69 Å². The smallest absolute Gasteiger partial charge is 0.341 e. The summed E-state index contributed by atoms with van der Waals surface area (Å²) < 4.78 is 10.5. The van der Waals surface area contributed by atoms with E-state index in [-0.39, 0.29) is 18.0 Å².